The number of nitrogens with zero attached hydrogens (tertiary/aromatic N) is 1. The summed E-state index contributed by atoms with van der Waals surface area (Å²) in [5, 5.41) is 9.70. The summed E-state index contributed by atoms with van der Waals surface area (Å²) in [5.41, 5.74) is 0.0735. The summed E-state index contributed by atoms with van der Waals surface area (Å²) in [5.74, 6) is -1.32. The van der Waals surface area contributed by atoms with Crippen molar-refractivity contribution < 1.29 is 23.8 Å². The second-order valence-corrected chi connectivity index (χ2v) is 4.35. The van der Waals surface area contributed by atoms with E-state index >= 15 is 0 Å². The van der Waals surface area contributed by atoms with Crippen molar-refractivity contribution in [2.24, 2.45) is 0 Å². The molecule has 1 aromatic carbocycles. The average molecular weight is 299 g/mol. The number of hydrogen-bond acceptors (Lipinski definition) is 4. The number of carbonyl (C=O) groups is 1. The summed E-state index contributed by atoms with van der Waals surface area (Å²) < 4.78 is 23.5. The third kappa shape index (κ3) is 5.69. The molecule has 21 heavy (non-hydrogen) atoms. The lowest BCUT2D eigenvalue weighted by Gasteiger charge is -2.23. The van der Waals surface area contributed by atoms with Crippen LogP contribution in [-0.2, 0) is 9.47 Å². The molecule has 0 heterocycles. The number of ether oxygens (including phenoxy) is 2. The highest BCUT2D eigenvalue weighted by atomic mass is 19.1. The first kappa shape index (κ1) is 17.4. The summed E-state index contributed by atoms with van der Waals surface area (Å²) in [4.78, 5) is 13.9. The smallest absolute Gasteiger partial charge is 0.257 e. The zero-order valence-electron chi connectivity index (χ0n) is 12.5. The van der Waals surface area contributed by atoms with Crippen LogP contribution in [0, 0.1) is 5.82 Å². The number of amides is 1. The number of phenolic OH excluding ortho intramolecular Hbond substituents is 1. The third-order valence-electron chi connectivity index (χ3n) is 2.90. The fourth-order valence-corrected chi connectivity index (χ4v) is 1.81. The molecule has 0 aliphatic rings. The van der Waals surface area contributed by atoms with Gasteiger partial charge < -0.3 is 19.5 Å². The Morgan fingerprint density at radius 1 is 1.19 bits per heavy atom. The van der Waals surface area contributed by atoms with E-state index in [2.05, 4.69) is 0 Å². The Labute approximate surface area is 124 Å². The Bertz CT molecular complexity index is 443. The Balaban J connectivity index is 2.76. The van der Waals surface area contributed by atoms with Gasteiger partial charge in [0.2, 0.25) is 0 Å². The van der Waals surface area contributed by atoms with Gasteiger partial charge in [0.25, 0.3) is 5.91 Å². The summed E-state index contributed by atoms with van der Waals surface area (Å²) in [6.45, 7) is 6.45. The van der Waals surface area contributed by atoms with E-state index in [9.17, 15) is 14.3 Å². The molecule has 0 aliphatic heterocycles. The molecule has 0 bridgehead atoms. The van der Waals surface area contributed by atoms with E-state index in [-0.39, 0.29) is 17.2 Å². The lowest BCUT2D eigenvalue weighted by molar-refractivity contribution is 0.0547. The van der Waals surface area contributed by atoms with Gasteiger partial charge in [-0.3, -0.25) is 4.79 Å². The fraction of sp³-hybridized carbons (Fsp3) is 0.533. The van der Waals surface area contributed by atoms with Crippen molar-refractivity contribution in [1.82, 2.24) is 4.90 Å². The molecule has 1 rings (SSSR count). The second kappa shape index (κ2) is 9.31. The van der Waals surface area contributed by atoms with Gasteiger partial charge in [-0.1, -0.05) is 0 Å². The van der Waals surface area contributed by atoms with Crippen LogP contribution in [0.2, 0.25) is 0 Å². The Kier molecular flexibility index (Phi) is 7.71. The molecule has 0 unspecified atom stereocenters. The first-order valence-electron chi connectivity index (χ1n) is 7.03. The van der Waals surface area contributed by atoms with Crippen LogP contribution in [-0.4, -0.2) is 55.4 Å². The van der Waals surface area contributed by atoms with E-state index in [0.29, 0.717) is 39.5 Å². The van der Waals surface area contributed by atoms with Crippen molar-refractivity contribution in [3.05, 3.63) is 29.6 Å². The summed E-state index contributed by atoms with van der Waals surface area (Å²) in [6.07, 6.45) is 0. The number of rotatable bonds is 9. The molecule has 0 saturated carbocycles. The third-order valence-corrected chi connectivity index (χ3v) is 2.90. The Morgan fingerprint density at radius 3 is 2.24 bits per heavy atom. The molecule has 118 valence electrons. The maximum Gasteiger partial charge on any atom is 0.257 e. The van der Waals surface area contributed by atoms with Crippen LogP contribution in [0.4, 0.5) is 4.39 Å². The van der Waals surface area contributed by atoms with Crippen LogP contribution in [0.5, 0.6) is 5.75 Å². The number of benzene rings is 1. The Hall–Kier alpha value is -1.66. The lowest BCUT2D eigenvalue weighted by Crippen LogP contribution is -2.36. The standard InChI is InChI=1S/C15H22FNO4/c1-3-20-9-7-17(8-10-21-4-2)15(19)13-6-5-12(16)11-14(13)18/h5-6,11,18H,3-4,7-10H2,1-2H3. The quantitative estimate of drug-likeness (QED) is 0.709. The molecule has 6 heteroatoms. The molecule has 5 nitrogen and oxygen atoms in total. The number of hydrogen-bond donors (Lipinski definition) is 1. The predicted octanol–water partition coefficient (Wildman–Crippen LogP) is 2.05. The SMILES string of the molecule is CCOCCN(CCOCC)C(=O)c1ccc(F)cc1O. The van der Waals surface area contributed by atoms with E-state index in [0.717, 1.165) is 12.1 Å². The largest absolute Gasteiger partial charge is 0.507 e. The Morgan fingerprint density at radius 2 is 1.76 bits per heavy atom. The minimum Gasteiger partial charge on any atom is -0.507 e. The fourth-order valence-electron chi connectivity index (χ4n) is 1.81. The van der Waals surface area contributed by atoms with E-state index in [1.54, 1.807) is 0 Å². The van der Waals surface area contributed by atoms with Gasteiger partial charge in [-0.2, -0.15) is 0 Å². The molecule has 0 saturated heterocycles. The van der Waals surface area contributed by atoms with Crippen molar-refractivity contribution in [3.8, 4) is 5.75 Å². The monoisotopic (exact) mass is 299 g/mol. The van der Waals surface area contributed by atoms with Gasteiger partial charge in [0.1, 0.15) is 11.6 Å². The van der Waals surface area contributed by atoms with Gasteiger partial charge in [0.15, 0.2) is 0 Å². The zero-order chi connectivity index (χ0) is 15.7. The molecule has 1 amide bonds. The minimum atomic E-state index is -0.584. The maximum atomic E-state index is 13.0. The number of aromatic hydroxyl groups is 1. The van der Waals surface area contributed by atoms with Crippen molar-refractivity contribution >= 4 is 5.91 Å². The van der Waals surface area contributed by atoms with Crippen LogP contribution in [0.15, 0.2) is 18.2 Å². The molecule has 1 aromatic rings. The highest BCUT2D eigenvalue weighted by molar-refractivity contribution is 5.96. The molecule has 0 atom stereocenters. The normalized spacial score (nSPS) is 10.6. The van der Waals surface area contributed by atoms with Crippen LogP contribution < -0.4 is 0 Å². The summed E-state index contributed by atoms with van der Waals surface area (Å²) >= 11 is 0. The number of carbonyl (C=O) groups excluding carboxylic acids is 1. The molecule has 1 N–H and O–H groups in total. The maximum absolute atomic E-state index is 13.0. The summed E-state index contributed by atoms with van der Waals surface area (Å²) in [6, 6.07) is 3.36. The van der Waals surface area contributed by atoms with E-state index in [1.165, 1.54) is 11.0 Å². The number of halogens is 1. The summed E-state index contributed by atoms with van der Waals surface area (Å²) in [7, 11) is 0. The van der Waals surface area contributed by atoms with Gasteiger partial charge in [-0.15, -0.1) is 0 Å². The van der Waals surface area contributed by atoms with Crippen LogP contribution in [0.25, 0.3) is 0 Å². The second-order valence-electron chi connectivity index (χ2n) is 4.35. The van der Waals surface area contributed by atoms with E-state index in [1.807, 2.05) is 13.8 Å². The first-order valence-corrected chi connectivity index (χ1v) is 7.03. The minimum absolute atomic E-state index is 0.0735. The van der Waals surface area contributed by atoms with Gasteiger partial charge in [0.05, 0.1) is 18.8 Å². The highest BCUT2D eigenvalue weighted by Crippen LogP contribution is 2.19. The number of phenols is 1. The van der Waals surface area contributed by atoms with E-state index < -0.39 is 5.82 Å². The van der Waals surface area contributed by atoms with Crippen molar-refractivity contribution in [1.29, 1.82) is 0 Å². The predicted molar refractivity (Wildman–Crippen MR) is 77.0 cm³/mol. The molecular weight excluding hydrogens is 277 g/mol. The molecule has 0 aliphatic carbocycles. The molecule has 0 fully saturated rings. The van der Waals surface area contributed by atoms with Crippen LogP contribution >= 0.6 is 0 Å². The highest BCUT2D eigenvalue weighted by Gasteiger charge is 2.19. The van der Waals surface area contributed by atoms with Crippen LogP contribution in [0.1, 0.15) is 24.2 Å². The zero-order valence-corrected chi connectivity index (χ0v) is 12.5. The van der Waals surface area contributed by atoms with Crippen molar-refractivity contribution in [3.63, 3.8) is 0 Å². The van der Waals surface area contributed by atoms with Crippen molar-refractivity contribution in [2.75, 3.05) is 39.5 Å². The molecule has 0 aromatic heterocycles. The topological polar surface area (TPSA) is 59.0 Å². The van der Waals surface area contributed by atoms with E-state index in [4.69, 9.17) is 9.47 Å². The van der Waals surface area contributed by atoms with Gasteiger partial charge in [-0.25, -0.2) is 4.39 Å². The average Bonchev–Trinajstić information content (AvgIpc) is 2.45. The molecule has 0 spiro atoms. The lowest BCUT2D eigenvalue weighted by atomic mass is 10.1. The molecular formula is C15H22FNO4. The van der Waals surface area contributed by atoms with Gasteiger partial charge >= 0.3 is 0 Å². The molecule has 0 radical (unpaired) electrons. The first-order chi connectivity index (χ1) is 10.1. The van der Waals surface area contributed by atoms with Gasteiger partial charge in [0, 0.05) is 32.4 Å². The van der Waals surface area contributed by atoms with Gasteiger partial charge in [-0.05, 0) is 26.0 Å². The van der Waals surface area contributed by atoms with Crippen molar-refractivity contribution in [2.45, 2.75) is 13.8 Å². The van der Waals surface area contributed by atoms with Crippen LogP contribution in [0.3, 0.4) is 0 Å².